The van der Waals surface area contributed by atoms with Crippen LogP contribution in [0.15, 0.2) is 83.6 Å². The Morgan fingerprint density at radius 2 is 1.92 bits per heavy atom. The number of carbonyl (C=O) groups excluding carboxylic acids is 1. The molecule has 198 valence electrons. The SMILES string of the molecule is Cc1cc(COc2ccc(F)cc2)c(C)c(C2C(C#N)=C(N)N(c3cccnc3)C3=C2C(=O)CC(C)(C)C3)c1. The molecular formula is C32H31FN4O2. The monoisotopic (exact) mass is 522 g/mol. The Bertz CT molecular complexity index is 1550. The van der Waals surface area contributed by atoms with Crippen molar-refractivity contribution in [2.75, 3.05) is 4.90 Å². The Labute approximate surface area is 228 Å². The molecule has 1 aliphatic heterocycles. The number of nitrogens with zero attached hydrogens (tertiary/aromatic N) is 3. The van der Waals surface area contributed by atoms with E-state index in [1.54, 1.807) is 24.5 Å². The molecule has 39 heavy (non-hydrogen) atoms. The molecule has 3 aromatic rings. The van der Waals surface area contributed by atoms with Crippen molar-refractivity contribution in [1.29, 1.82) is 5.26 Å². The summed E-state index contributed by atoms with van der Waals surface area (Å²) in [6.07, 6.45) is 4.39. The molecule has 1 aliphatic carbocycles. The zero-order valence-electron chi connectivity index (χ0n) is 22.6. The number of rotatable bonds is 5. The Kier molecular flexibility index (Phi) is 6.73. The maximum atomic E-state index is 13.9. The van der Waals surface area contributed by atoms with Gasteiger partial charge in [-0.3, -0.25) is 14.7 Å². The van der Waals surface area contributed by atoms with Crippen molar-refractivity contribution in [3.63, 3.8) is 0 Å². The minimum atomic E-state index is -0.592. The number of benzene rings is 2. The fourth-order valence-electron chi connectivity index (χ4n) is 5.71. The van der Waals surface area contributed by atoms with Crippen molar-refractivity contribution in [3.8, 4) is 11.8 Å². The molecular weight excluding hydrogens is 491 g/mol. The summed E-state index contributed by atoms with van der Waals surface area (Å²) in [6.45, 7) is 8.37. The van der Waals surface area contributed by atoms with E-state index in [1.807, 2.05) is 43.0 Å². The number of Topliss-reactive ketones (excluding diaryl/α,β-unsaturated/α-hetero) is 1. The van der Waals surface area contributed by atoms with E-state index in [2.05, 4.69) is 24.9 Å². The van der Waals surface area contributed by atoms with Crippen molar-refractivity contribution in [2.24, 2.45) is 11.1 Å². The number of nitriles is 1. The second kappa shape index (κ2) is 10.0. The van der Waals surface area contributed by atoms with Gasteiger partial charge in [0.2, 0.25) is 0 Å². The molecule has 0 saturated carbocycles. The molecule has 0 amide bonds. The zero-order valence-corrected chi connectivity index (χ0v) is 22.6. The second-order valence-electron chi connectivity index (χ2n) is 11.1. The zero-order chi connectivity index (χ0) is 27.9. The molecule has 2 N–H and O–H groups in total. The molecule has 1 unspecified atom stereocenters. The first-order chi connectivity index (χ1) is 18.6. The minimum Gasteiger partial charge on any atom is -0.489 e. The lowest BCUT2D eigenvalue weighted by molar-refractivity contribution is -0.118. The van der Waals surface area contributed by atoms with Crippen LogP contribution in [0.3, 0.4) is 0 Å². The fraction of sp³-hybridized carbons (Fsp3) is 0.281. The number of nitrogens with two attached hydrogens (primary N) is 1. The first-order valence-corrected chi connectivity index (χ1v) is 12.9. The standard InChI is InChI=1S/C32H31FN4O2/c1-19-12-21(18-39-24-9-7-22(33)8-10-24)20(2)25(13-19)29-26(16-34)31(35)37(23-6-5-11-36-17-23)27-14-32(3,4)15-28(38)30(27)29/h5-13,17,29H,14-15,18,35H2,1-4H3. The third kappa shape index (κ3) is 4.90. The second-order valence-corrected chi connectivity index (χ2v) is 11.1. The first-order valence-electron chi connectivity index (χ1n) is 12.9. The lowest BCUT2D eigenvalue weighted by Crippen LogP contribution is -2.42. The molecule has 6 nitrogen and oxygen atoms in total. The largest absolute Gasteiger partial charge is 0.489 e. The Hall–Kier alpha value is -4.44. The van der Waals surface area contributed by atoms with Gasteiger partial charge in [-0.2, -0.15) is 5.26 Å². The van der Waals surface area contributed by atoms with Crippen LogP contribution in [0.2, 0.25) is 0 Å². The summed E-state index contributed by atoms with van der Waals surface area (Å²) >= 11 is 0. The highest BCUT2D eigenvalue weighted by Gasteiger charge is 2.45. The maximum Gasteiger partial charge on any atom is 0.162 e. The van der Waals surface area contributed by atoms with Gasteiger partial charge in [-0.1, -0.05) is 31.5 Å². The normalized spacial score (nSPS) is 18.6. The number of hydrogen-bond acceptors (Lipinski definition) is 6. The highest BCUT2D eigenvalue weighted by molar-refractivity contribution is 6.01. The molecule has 1 aromatic heterocycles. The van der Waals surface area contributed by atoms with E-state index in [0.717, 1.165) is 28.0 Å². The van der Waals surface area contributed by atoms with Crippen molar-refractivity contribution in [1.82, 2.24) is 4.98 Å². The maximum absolute atomic E-state index is 13.9. The number of allylic oxidation sites excluding steroid dienone is 3. The van der Waals surface area contributed by atoms with E-state index in [9.17, 15) is 14.4 Å². The van der Waals surface area contributed by atoms with E-state index < -0.39 is 5.92 Å². The van der Waals surface area contributed by atoms with E-state index in [0.29, 0.717) is 41.2 Å². The molecule has 0 saturated heterocycles. The lowest BCUT2D eigenvalue weighted by atomic mass is 9.68. The molecule has 0 spiro atoms. The molecule has 5 rings (SSSR count). The van der Waals surface area contributed by atoms with Crippen molar-refractivity contribution < 1.29 is 13.9 Å². The molecule has 0 fully saturated rings. The van der Waals surface area contributed by atoms with Crippen LogP contribution < -0.4 is 15.4 Å². The predicted octanol–water partition coefficient (Wildman–Crippen LogP) is 6.36. The van der Waals surface area contributed by atoms with Gasteiger partial charge in [0.05, 0.1) is 29.4 Å². The summed E-state index contributed by atoms with van der Waals surface area (Å²) in [4.78, 5) is 20.0. The van der Waals surface area contributed by atoms with Gasteiger partial charge in [-0.25, -0.2) is 4.39 Å². The summed E-state index contributed by atoms with van der Waals surface area (Å²) in [5, 5.41) is 10.4. The number of anilines is 1. The Morgan fingerprint density at radius 3 is 2.59 bits per heavy atom. The van der Waals surface area contributed by atoms with Gasteiger partial charge in [0.15, 0.2) is 5.78 Å². The van der Waals surface area contributed by atoms with E-state index >= 15 is 0 Å². The van der Waals surface area contributed by atoms with Gasteiger partial charge in [-0.15, -0.1) is 0 Å². The van der Waals surface area contributed by atoms with Crippen LogP contribution in [0, 0.1) is 36.4 Å². The van der Waals surface area contributed by atoms with Crippen LogP contribution in [0.5, 0.6) is 5.75 Å². The highest BCUT2D eigenvalue weighted by Crippen LogP contribution is 2.50. The molecule has 2 heterocycles. The molecule has 0 radical (unpaired) electrons. The van der Waals surface area contributed by atoms with E-state index in [-0.39, 0.29) is 23.6 Å². The number of aromatic nitrogens is 1. The number of carbonyl (C=O) groups is 1. The molecule has 0 bridgehead atoms. The summed E-state index contributed by atoms with van der Waals surface area (Å²) in [6, 6.07) is 16.0. The van der Waals surface area contributed by atoms with Crippen LogP contribution >= 0.6 is 0 Å². The Morgan fingerprint density at radius 1 is 1.18 bits per heavy atom. The van der Waals surface area contributed by atoms with Crippen LogP contribution in [0.4, 0.5) is 10.1 Å². The van der Waals surface area contributed by atoms with Crippen molar-refractivity contribution in [2.45, 2.75) is 53.1 Å². The van der Waals surface area contributed by atoms with Crippen LogP contribution in [-0.2, 0) is 11.4 Å². The molecule has 2 aromatic carbocycles. The number of pyridine rings is 1. The molecule has 1 atom stereocenters. The highest BCUT2D eigenvalue weighted by atomic mass is 19.1. The Balaban J connectivity index is 1.66. The van der Waals surface area contributed by atoms with Gasteiger partial charge >= 0.3 is 0 Å². The fourth-order valence-corrected chi connectivity index (χ4v) is 5.71. The van der Waals surface area contributed by atoms with Gasteiger partial charge in [-0.05, 0) is 78.8 Å². The van der Waals surface area contributed by atoms with Gasteiger partial charge in [0.1, 0.15) is 24.0 Å². The van der Waals surface area contributed by atoms with Gasteiger partial charge < -0.3 is 10.5 Å². The lowest BCUT2D eigenvalue weighted by Gasteiger charge is -2.44. The quantitative estimate of drug-likeness (QED) is 0.419. The summed E-state index contributed by atoms with van der Waals surface area (Å²) < 4.78 is 19.3. The smallest absolute Gasteiger partial charge is 0.162 e. The molecule has 7 heteroatoms. The minimum absolute atomic E-state index is 0.0189. The third-order valence-electron chi connectivity index (χ3n) is 7.50. The first kappa shape index (κ1) is 26.2. The van der Waals surface area contributed by atoms with Crippen LogP contribution in [0.25, 0.3) is 0 Å². The summed E-state index contributed by atoms with van der Waals surface area (Å²) in [5.74, 6) is -0.0341. The number of aryl methyl sites for hydroxylation is 1. The van der Waals surface area contributed by atoms with Gasteiger partial charge in [0.25, 0.3) is 0 Å². The number of ether oxygens (including phenoxy) is 1. The van der Waals surface area contributed by atoms with Crippen molar-refractivity contribution >= 4 is 11.5 Å². The van der Waals surface area contributed by atoms with Crippen LogP contribution in [0.1, 0.15) is 54.9 Å². The average Bonchev–Trinajstić information content (AvgIpc) is 2.89. The third-order valence-corrected chi connectivity index (χ3v) is 7.50. The number of hydrogen-bond donors (Lipinski definition) is 1. The topological polar surface area (TPSA) is 92.2 Å². The average molecular weight is 523 g/mol. The number of halogens is 1. The number of ketones is 1. The van der Waals surface area contributed by atoms with E-state index in [4.69, 9.17) is 10.5 Å². The summed E-state index contributed by atoms with van der Waals surface area (Å²) in [5.41, 5.74) is 12.7. The summed E-state index contributed by atoms with van der Waals surface area (Å²) in [7, 11) is 0. The van der Waals surface area contributed by atoms with Gasteiger partial charge in [0, 0.05) is 23.9 Å². The predicted molar refractivity (Wildman–Crippen MR) is 148 cm³/mol. The van der Waals surface area contributed by atoms with Crippen LogP contribution in [-0.4, -0.2) is 10.8 Å². The van der Waals surface area contributed by atoms with Crippen molar-refractivity contribution in [3.05, 3.63) is 112 Å². The molecule has 2 aliphatic rings. The van der Waals surface area contributed by atoms with E-state index in [1.165, 1.54) is 12.1 Å².